The Bertz CT molecular complexity index is 1410. The molecule has 1 saturated heterocycles. The fourth-order valence-electron chi connectivity index (χ4n) is 8.85. The topological polar surface area (TPSA) is 77.7 Å². The molecule has 1 aromatic carbocycles. The average Bonchev–Trinajstić information content (AvgIpc) is 3.99. The van der Waals surface area contributed by atoms with Crippen molar-refractivity contribution < 1.29 is 22.5 Å². The average molecular weight is 671 g/mol. The molecule has 1 aliphatic heterocycles. The van der Waals surface area contributed by atoms with Gasteiger partial charge in [0.05, 0.1) is 12.0 Å². The molecule has 4 aliphatic carbocycles. The van der Waals surface area contributed by atoms with Crippen molar-refractivity contribution in [3.05, 3.63) is 47.6 Å². The summed E-state index contributed by atoms with van der Waals surface area (Å²) in [5.74, 6) is -1.68. The number of carbonyl (C=O) groups excluding carboxylic acids is 1. The lowest BCUT2D eigenvalue weighted by Crippen LogP contribution is -2.65. The third-order valence-electron chi connectivity index (χ3n) is 12.3. The zero-order valence-corrected chi connectivity index (χ0v) is 28.8. The molecule has 4 unspecified atom stereocenters. The summed E-state index contributed by atoms with van der Waals surface area (Å²) in [4.78, 5) is 25.3. The van der Waals surface area contributed by atoms with Crippen LogP contribution in [-0.4, -0.2) is 94.3 Å². The number of amides is 2. The van der Waals surface area contributed by atoms with Crippen LogP contribution in [-0.2, 0) is 5.41 Å². The summed E-state index contributed by atoms with van der Waals surface area (Å²) in [6.45, 7) is 3.53. The molecule has 8 nitrogen and oxygen atoms in total. The van der Waals surface area contributed by atoms with Crippen molar-refractivity contribution in [2.45, 2.75) is 144 Å². The lowest BCUT2D eigenvalue weighted by molar-refractivity contribution is -0.0955. The van der Waals surface area contributed by atoms with Crippen LogP contribution in [0.3, 0.4) is 0 Å². The Hall–Kier alpha value is -2.66. The van der Waals surface area contributed by atoms with Gasteiger partial charge < -0.3 is 19.6 Å². The zero-order chi connectivity index (χ0) is 33.6. The van der Waals surface area contributed by atoms with Gasteiger partial charge in [-0.3, -0.25) is 4.90 Å². The van der Waals surface area contributed by atoms with E-state index in [1.54, 1.807) is 4.90 Å². The van der Waals surface area contributed by atoms with E-state index in [1.165, 1.54) is 19.3 Å². The number of aromatic nitrogens is 2. The Morgan fingerprint density at radius 1 is 1.02 bits per heavy atom. The fourth-order valence-corrected chi connectivity index (χ4v) is 8.85. The highest BCUT2D eigenvalue weighted by molar-refractivity contribution is 5.75. The molecule has 7 rings (SSSR count). The number of nitrogens with zero attached hydrogens (tertiary/aromatic N) is 5. The maximum Gasteiger partial charge on any atom is 0.318 e. The first-order chi connectivity index (χ1) is 23.0. The van der Waals surface area contributed by atoms with E-state index in [1.807, 2.05) is 37.4 Å². The normalized spacial score (nSPS) is 35.4. The zero-order valence-electron chi connectivity index (χ0n) is 28.8. The number of piperidine rings is 1. The van der Waals surface area contributed by atoms with Crippen LogP contribution in [0.25, 0.3) is 0 Å². The lowest BCUT2D eigenvalue weighted by atomic mass is 9.74. The van der Waals surface area contributed by atoms with Gasteiger partial charge in [-0.25, -0.2) is 18.0 Å². The molecule has 5 fully saturated rings. The van der Waals surface area contributed by atoms with E-state index < -0.39 is 35.6 Å². The van der Waals surface area contributed by atoms with Crippen LogP contribution < -0.4 is 5.32 Å². The van der Waals surface area contributed by atoms with Crippen molar-refractivity contribution >= 4 is 6.03 Å². The Morgan fingerprint density at radius 3 is 2.46 bits per heavy atom. The van der Waals surface area contributed by atoms with E-state index in [4.69, 9.17) is 4.52 Å². The Balaban J connectivity index is 1.09. The van der Waals surface area contributed by atoms with E-state index in [9.17, 15) is 9.18 Å². The molecule has 5 aliphatic rings. The smallest absolute Gasteiger partial charge is 0.318 e. The molecule has 8 atom stereocenters. The van der Waals surface area contributed by atoms with Crippen LogP contribution in [0.5, 0.6) is 0 Å². The Morgan fingerprint density at radius 2 is 1.75 bits per heavy atom. The molecule has 264 valence electrons. The minimum atomic E-state index is -3.01. The van der Waals surface area contributed by atoms with Crippen molar-refractivity contribution in [2.75, 3.05) is 27.2 Å². The van der Waals surface area contributed by atoms with Gasteiger partial charge in [-0.05, 0) is 89.8 Å². The maximum absolute atomic E-state index is 16.0. The number of rotatable bonds is 9. The molecular weight excluding hydrogens is 617 g/mol. The largest absolute Gasteiger partial charge is 0.339 e. The number of likely N-dealkylation sites (N-methyl/N-ethyl adjacent to an activating group) is 1. The van der Waals surface area contributed by atoms with Crippen molar-refractivity contribution in [2.24, 2.45) is 5.92 Å². The molecule has 0 bridgehead atoms. The summed E-state index contributed by atoms with van der Waals surface area (Å²) in [5.41, 5.74) is 0.400. The van der Waals surface area contributed by atoms with Crippen LogP contribution in [0.4, 0.5) is 18.0 Å². The van der Waals surface area contributed by atoms with Gasteiger partial charge >= 0.3 is 6.03 Å². The second kappa shape index (κ2) is 13.6. The van der Waals surface area contributed by atoms with E-state index in [0.717, 1.165) is 43.7 Å². The van der Waals surface area contributed by atoms with E-state index >= 15 is 8.78 Å². The van der Waals surface area contributed by atoms with Crippen LogP contribution in [0.2, 0.25) is 0 Å². The number of alkyl halides is 3. The molecule has 2 aromatic rings. The number of nitrogens with one attached hydrogen (secondary N) is 1. The first-order valence-electron chi connectivity index (χ1n) is 18.4. The summed E-state index contributed by atoms with van der Waals surface area (Å²) in [6.07, 6.45) is 9.40. The highest BCUT2D eigenvalue weighted by atomic mass is 19.3. The molecule has 2 amide bonds. The van der Waals surface area contributed by atoms with E-state index in [-0.39, 0.29) is 24.4 Å². The number of halogens is 3. The molecule has 11 heteroatoms. The molecule has 1 N–H and O–H groups in total. The standard InChI is InChI=1S/C37H53F3N6O2/c1-36(34-42-33(48-43-34)28-21-29(28)38)18-19-46(31(22-36)25-10-5-4-6-11-25)35(47)41-32-30(14-9-17-37(32,39)40)45(3)27-13-8-7-12-26(20-27)44(2)23-24-15-16-24/h4-6,10-11,24,26-32H,7-9,12-23H2,1-3H3,(H,41,47)/t26?,27?,28-,29+,30+,31?,32-,36?/m1/s1. The second-order valence-corrected chi connectivity index (χ2v) is 16.0. The van der Waals surface area contributed by atoms with Gasteiger partial charge in [-0.2, -0.15) is 4.98 Å². The highest BCUT2D eigenvalue weighted by Crippen LogP contribution is 2.47. The van der Waals surface area contributed by atoms with E-state index in [2.05, 4.69) is 39.2 Å². The number of likely N-dealkylation sites (tertiary alicyclic amines) is 1. The number of hydrogen-bond acceptors (Lipinski definition) is 6. The lowest BCUT2D eigenvalue weighted by Gasteiger charge is -2.48. The van der Waals surface area contributed by atoms with Crippen molar-refractivity contribution in [3.8, 4) is 0 Å². The summed E-state index contributed by atoms with van der Waals surface area (Å²) in [5, 5.41) is 7.18. The van der Waals surface area contributed by atoms with E-state index in [0.29, 0.717) is 56.4 Å². The Kier molecular flexibility index (Phi) is 9.56. The molecular formula is C37H53F3N6O2. The fraction of sp³-hybridized carbons (Fsp3) is 0.757. The van der Waals surface area contributed by atoms with Gasteiger partial charge in [0.25, 0.3) is 5.92 Å². The van der Waals surface area contributed by atoms with Gasteiger partial charge in [0, 0.05) is 43.1 Å². The predicted molar refractivity (Wildman–Crippen MR) is 178 cm³/mol. The predicted octanol–water partition coefficient (Wildman–Crippen LogP) is 7.23. The van der Waals surface area contributed by atoms with Crippen molar-refractivity contribution in [1.29, 1.82) is 0 Å². The van der Waals surface area contributed by atoms with Crippen molar-refractivity contribution in [1.82, 2.24) is 30.2 Å². The Labute approximate surface area is 283 Å². The first kappa shape index (κ1) is 33.8. The minimum Gasteiger partial charge on any atom is -0.339 e. The molecule has 48 heavy (non-hydrogen) atoms. The van der Waals surface area contributed by atoms with Crippen LogP contribution in [0.15, 0.2) is 34.9 Å². The SMILES string of the molecule is CN(CC1CC1)C1CCCCC(N(C)[C@H]2CCCC(F)(F)[C@@H]2NC(=O)N2CCC(C)(c3noc([C@@H]4C[C@@H]4F)n3)CC2c2ccccc2)C1. The highest BCUT2D eigenvalue weighted by Gasteiger charge is 2.52. The number of carbonyl (C=O) groups is 1. The molecule has 1 aromatic heterocycles. The quantitative estimate of drug-likeness (QED) is 0.284. The number of benzene rings is 1. The molecule has 0 radical (unpaired) electrons. The number of hydrogen-bond donors (Lipinski definition) is 1. The molecule has 2 heterocycles. The first-order valence-corrected chi connectivity index (χ1v) is 18.4. The second-order valence-electron chi connectivity index (χ2n) is 16.0. The summed E-state index contributed by atoms with van der Waals surface area (Å²) >= 11 is 0. The monoisotopic (exact) mass is 670 g/mol. The maximum atomic E-state index is 16.0. The van der Waals surface area contributed by atoms with Gasteiger partial charge in [0.2, 0.25) is 5.89 Å². The number of urea groups is 1. The van der Waals surface area contributed by atoms with Gasteiger partial charge in [-0.1, -0.05) is 55.3 Å². The van der Waals surface area contributed by atoms with Gasteiger partial charge in [-0.15, -0.1) is 0 Å². The molecule has 4 saturated carbocycles. The van der Waals surface area contributed by atoms with Crippen LogP contribution in [0, 0.1) is 5.92 Å². The minimum absolute atomic E-state index is 0.202. The summed E-state index contributed by atoms with van der Waals surface area (Å²) < 4.78 is 51.1. The van der Waals surface area contributed by atoms with Gasteiger partial charge in [0.15, 0.2) is 5.82 Å². The van der Waals surface area contributed by atoms with Crippen LogP contribution in [0.1, 0.15) is 120 Å². The third-order valence-corrected chi connectivity index (χ3v) is 12.3. The van der Waals surface area contributed by atoms with Gasteiger partial charge in [0.1, 0.15) is 12.2 Å². The third kappa shape index (κ3) is 7.14. The van der Waals surface area contributed by atoms with Crippen molar-refractivity contribution in [3.63, 3.8) is 0 Å². The summed E-state index contributed by atoms with van der Waals surface area (Å²) in [7, 11) is 4.25. The molecule has 0 spiro atoms. The van der Waals surface area contributed by atoms with Crippen LogP contribution >= 0.6 is 0 Å². The summed E-state index contributed by atoms with van der Waals surface area (Å²) in [6, 6.07) is 7.86.